The Morgan fingerprint density at radius 2 is 1.50 bits per heavy atom. The Labute approximate surface area is 289 Å². The molecular weight excluding hydrogens is 599 g/mol. The van der Waals surface area contributed by atoms with Crippen molar-refractivity contribution in [2.45, 2.75) is 56.1 Å². The molecule has 0 saturated heterocycles. The Balaban J connectivity index is 1.39. The van der Waals surface area contributed by atoms with E-state index in [-0.39, 0.29) is 11.2 Å². The topological polar surface area (TPSA) is 12.4 Å². The predicted octanol–water partition coefficient (Wildman–Crippen LogP) is 12.3. The minimum absolute atomic E-state index is 0.0637. The molecule has 48 heavy (non-hydrogen) atoms. The first-order chi connectivity index (χ1) is 23.5. The maximum absolute atomic E-state index is 5.53. The first-order valence-electron chi connectivity index (χ1n) is 17.2. The largest absolute Gasteiger partial charge is 0.252 e. The van der Waals surface area contributed by atoms with Crippen LogP contribution in [0.3, 0.4) is 0 Å². The van der Waals surface area contributed by atoms with Crippen LogP contribution < -0.4 is 0 Å². The summed E-state index contributed by atoms with van der Waals surface area (Å²) in [6, 6.07) is 41.9. The van der Waals surface area contributed by atoms with Gasteiger partial charge < -0.3 is 0 Å². The molecular formula is C46H41NS. The molecule has 1 nitrogen and oxygen atoms in total. The van der Waals surface area contributed by atoms with Gasteiger partial charge in [-0.25, -0.2) is 0 Å². The first kappa shape index (κ1) is 30.7. The van der Waals surface area contributed by atoms with Crippen LogP contribution in [0.4, 0.5) is 5.69 Å². The molecule has 3 atom stereocenters. The molecule has 1 heterocycles. The van der Waals surface area contributed by atoms with Gasteiger partial charge in [0.05, 0.1) is 11.4 Å². The van der Waals surface area contributed by atoms with Gasteiger partial charge in [0.2, 0.25) is 0 Å². The van der Waals surface area contributed by atoms with Gasteiger partial charge in [-0.2, -0.15) is 0 Å². The first-order valence-corrected chi connectivity index (χ1v) is 18.1. The maximum atomic E-state index is 5.53. The van der Waals surface area contributed by atoms with Crippen molar-refractivity contribution in [1.82, 2.24) is 0 Å². The van der Waals surface area contributed by atoms with Gasteiger partial charge >= 0.3 is 0 Å². The lowest BCUT2D eigenvalue weighted by molar-refractivity contribution is 0.597. The molecule has 5 aromatic carbocycles. The summed E-state index contributed by atoms with van der Waals surface area (Å²) in [6.07, 6.45) is 7.98. The SMILES string of the molecule is C=C(C(=Nc1ccccc1C)C(C)c1ccccc1)C1=C(c2ccccc2C)C2=C(C=CCC2)[C@H]2Cc3cc4ccccc4cc3SC12. The second-order valence-corrected chi connectivity index (χ2v) is 14.7. The number of allylic oxidation sites excluding steroid dienone is 6. The standard InChI is InChI=1S/C46H41NS/c1-29-16-8-12-22-37(29)44-39-24-14-13-23-38(39)40-27-36-26-34-20-10-11-21-35(34)28-42(36)48-46(40)43(44)32(4)45(31(3)33-18-6-5-7-19-33)47-41-25-15-9-17-30(41)2/h5-13,15-23,25-26,28,31,40,46H,4,14,24,27H2,1-3H3/t31?,40-,46?/m1/s1. The van der Waals surface area contributed by atoms with E-state index in [2.05, 4.69) is 148 Å². The van der Waals surface area contributed by atoms with Crippen molar-refractivity contribution in [3.05, 3.63) is 184 Å². The molecule has 5 aromatic rings. The number of benzene rings is 5. The third-order valence-corrected chi connectivity index (χ3v) is 12.0. The smallest absolute Gasteiger partial charge is 0.0662 e. The van der Waals surface area contributed by atoms with Gasteiger partial charge in [-0.3, -0.25) is 4.99 Å². The van der Waals surface area contributed by atoms with Gasteiger partial charge in [0.25, 0.3) is 0 Å². The van der Waals surface area contributed by atoms with E-state index >= 15 is 0 Å². The number of fused-ring (bicyclic) bond motifs is 4. The van der Waals surface area contributed by atoms with Crippen molar-refractivity contribution in [2.24, 2.45) is 10.9 Å². The lowest BCUT2D eigenvalue weighted by atomic mass is 9.68. The molecule has 0 N–H and O–H groups in total. The van der Waals surface area contributed by atoms with Crippen LogP contribution in [0, 0.1) is 19.8 Å². The van der Waals surface area contributed by atoms with Crippen LogP contribution in [0.15, 0.2) is 166 Å². The second-order valence-electron chi connectivity index (χ2n) is 13.5. The summed E-state index contributed by atoms with van der Waals surface area (Å²) in [5.41, 5.74) is 15.4. The van der Waals surface area contributed by atoms with Crippen LogP contribution >= 0.6 is 11.8 Å². The fourth-order valence-corrected chi connectivity index (χ4v) is 9.55. The zero-order valence-electron chi connectivity index (χ0n) is 28.0. The van der Waals surface area contributed by atoms with Gasteiger partial charge in [-0.05, 0) is 112 Å². The van der Waals surface area contributed by atoms with Crippen LogP contribution in [0.1, 0.15) is 53.5 Å². The minimum atomic E-state index is 0.0637. The van der Waals surface area contributed by atoms with E-state index in [1.165, 1.54) is 65.8 Å². The molecule has 2 unspecified atom stereocenters. The van der Waals surface area contributed by atoms with E-state index < -0.39 is 0 Å². The van der Waals surface area contributed by atoms with E-state index in [1.807, 2.05) is 11.8 Å². The van der Waals surface area contributed by atoms with E-state index in [0.717, 1.165) is 36.2 Å². The number of nitrogens with zero attached hydrogens (tertiary/aromatic N) is 1. The molecule has 0 radical (unpaired) electrons. The molecule has 0 amide bonds. The van der Waals surface area contributed by atoms with Crippen LogP contribution in [-0.2, 0) is 6.42 Å². The van der Waals surface area contributed by atoms with Crippen molar-refractivity contribution < 1.29 is 0 Å². The normalized spacial score (nSPS) is 19.5. The monoisotopic (exact) mass is 639 g/mol. The molecule has 0 aromatic heterocycles. The van der Waals surface area contributed by atoms with Gasteiger partial charge in [0.15, 0.2) is 0 Å². The average Bonchev–Trinajstić information content (AvgIpc) is 3.12. The summed E-state index contributed by atoms with van der Waals surface area (Å²) in [5.74, 6) is 0.426. The third-order valence-electron chi connectivity index (χ3n) is 10.6. The minimum Gasteiger partial charge on any atom is -0.252 e. The summed E-state index contributed by atoms with van der Waals surface area (Å²) in [5, 5.41) is 2.84. The molecule has 236 valence electrons. The fraction of sp³-hybridized carbons (Fsp3) is 0.196. The van der Waals surface area contributed by atoms with E-state index in [9.17, 15) is 0 Å². The summed E-state index contributed by atoms with van der Waals surface area (Å²) in [7, 11) is 0. The maximum Gasteiger partial charge on any atom is 0.0662 e. The highest BCUT2D eigenvalue weighted by molar-refractivity contribution is 8.00. The number of hydrogen-bond donors (Lipinski definition) is 0. The van der Waals surface area contributed by atoms with Crippen LogP contribution in [0.25, 0.3) is 16.3 Å². The molecule has 2 heteroatoms. The summed E-state index contributed by atoms with van der Waals surface area (Å²) in [4.78, 5) is 6.92. The Morgan fingerprint density at radius 3 is 2.27 bits per heavy atom. The number of para-hydroxylation sites is 1. The van der Waals surface area contributed by atoms with Gasteiger partial charge in [-0.15, -0.1) is 11.8 Å². The molecule has 0 spiro atoms. The third kappa shape index (κ3) is 5.43. The van der Waals surface area contributed by atoms with E-state index in [0.29, 0.717) is 5.92 Å². The van der Waals surface area contributed by atoms with E-state index in [4.69, 9.17) is 11.6 Å². The average molecular weight is 640 g/mol. The quantitative estimate of drug-likeness (QED) is 0.168. The van der Waals surface area contributed by atoms with Crippen molar-refractivity contribution in [3.63, 3.8) is 0 Å². The number of aliphatic imine (C=N–C) groups is 1. The molecule has 0 bridgehead atoms. The van der Waals surface area contributed by atoms with Crippen LogP contribution in [0.5, 0.6) is 0 Å². The van der Waals surface area contributed by atoms with Crippen molar-refractivity contribution >= 4 is 39.5 Å². The number of aryl methyl sites for hydroxylation is 2. The zero-order chi connectivity index (χ0) is 32.8. The number of thioether (sulfide) groups is 1. The second kappa shape index (κ2) is 12.7. The Hall–Kier alpha value is -4.66. The molecule has 8 rings (SSSR count). The molecule has 1 aliphatic heterocycles. The van der Waals surface area contributed by atoms with E-state index in [1.54, 1.807) is 0 Å². The molecule has 3 aliphatic rings. The van der Waals surface area contributed by atoms with Crippen molar-refractivity contribution in [2.75, 3.05) is 0 Å². The molecule has 2 aliphatic carbocycles. The van der Waals surface area contributed by atoms with Gasteiger partial charge in [-0.1, -0.05) is 129 Å². The van der Waals surface area contributed by atoms with Gasteiger partial charge in [0.1, 0.15) is 0 Å². The number of rotatable bonds is 6. The van der Waals surface area contributed by atoms with Crippen molar-refractivity contribution in [1.29, 1.82) is 0 Å². The predicted molar refractivity (Wildman–Crippen MR) is 207 cm³/mol. The molecule has 0 saturated carbocycles. The summed E-state index contributed by atoms with van der Waals surface area (Å²) in [6.45, 7) is 11.8. The van der Waals surface area contributed by atoms with Gasteiger partial charge in [0, 0.05) is 22.0 Å². The highest BCUT2D eigenvalue weighted by Gasteiger charge is 2.43. The zero-order valence-corrected chi connectivity index (χ0v) is 28.9. The summed E-state index contributed by atoms with van der Waals surface area (Å²) < 4.78 is 0. The van der Waals surface area contributed by atoms with Crippen LogP contribution in [-0.4, -0.2) is 11.0 Å². The lowest BCUT2D eigenvalue weighted by Gasteiger charge is -2.43. The number of hydrogen-bond acceptors (Lipinski definition) is 2. The van der Waals surface area contributed by atoms with Crippen molar-refractivity contribution in [3.8, 4) is 0 Å². The van der Waals surface area contributed by atoms with Crippen LogP contribution in [0.2, 0.25) is 0 Å². The molecule has 0 fully saturated rings. The fourth-order valence-electron chi connectivity index (χ4n) is 8.00. The Kier molecular flexibility index (Phi) is 8.14. The Morgan fingerprint density at radius 1 is 0.812 bits per heavy atom. The highest BCUT2D eigenvalue weighted by atomic mass is 32.2. The highest BCUT2D eigenvalue weighted by Crippen LogP contribution is 2.56. The Bertz CT molecular complexity index is 2190. The summed E-state index contributed by atoms with van der Waals surface area (Å²) >= 11 is 2.04. The lowest BCUT2D eigenvalue weighted by Crippen LogP contribution is -2.34.